The van der Waals surface area contributed by atoms with Crippen molar-refractivity contribution in [1.29, 1.82) is 0 Å². The van der Waals surface area contributed by atoms with Crippen molar-refractivity contribution in [2.45, 2.75) is 39.5 Å². The summed E-state index contributed by atoms with van der Waals surface area (Å²) in [5.74, 6) is 1.11. The molecular formula is C19H21N3S2. The summed E-state index contributed by atoms with van der Waals surface area (Å²) in [6, 6.07) is 12.2. The van der Waals surface area contributed by atoms with Crippen molar-refractivity contribution in [1.82, 2.24) is 13.7 Å². The average molecular weight is 356 g/mol. The van der Waals surface area contributed by atoms with Crippen LogP contribution >= 0.6 is 23.1 Å². The molecule has 0 spiro atoms. The summed E-state index contributed by atoms with van der Waals surface area (Å²) in [6.45, 7) is 8.75. The molecule has 124 valence electrons. The predicted molar refractivity (Wildman–Crippen MR) is 105 cm³/mol. The lowest BCUT2D eigenvalue weighted by Crippen LogP contribution is -1.83. The van der Waals surface area contributed by atoms with E-state index in [4.69, 9.17) is 0 Å². The fraction of sp³-hybridized carbons (Fsp3) is 0.316. The Bertz CT molecular complexity index is 860. The molecule has 0 amide bonds. The second-order valence-corrected chi connectivity index (χ2v) is 7.90. The Morgan fingerprint density at radius 3 is 2.12 bits per heavy atom. The van der Waals surface area contributed by atoms with Crippen molar-refractivity contribution < 1.29 is 0 Å². The van der Waals surface area contributed by atoms with Gasteiger partial charge in [0.25, 0.3) is 0 Å². The zero-order valence-corrected chi connectivity index (χ0v) is 16.0. The van der Waals surface area contributed by atoms with Gasteiger partial charge < -0.3 is 0 Å². The first-order valence-electron chi connectivity index (χ1n) is 8.12. The van der Waals surface area contributed by atoms with E-state index in [1.165, 1.54) is 15.1 Å². The van der Waals surface area contributed by atoms with Gasteiger partial charge in [-0.2, -0.15) is 8.75 Å². The normalized spacial score (nSPS) is 11.2. The SMILES string of the molecule is CC(C)c1snc2ccccc12.CC(C)c1snc2cccnc12. The van der Waals surface area contributed by atoms with Crippen LogP contribution in [-0.2, 0) is 0 Å². The van der Waals surface area contributed by atoms with Crippen molar-refractivity contribution >= 4 is 45.0 Å². The summed E-state index contributed by atoms with van der Waals surface area (Å²) >= 11 is 3.18. The summed E-state index contributed by atoms with van der Waals surface area (Å²) in [7, 11) is 0. The molecule has 0 atom stereocenters. The molecule has 0 aliphatic rings. The van der Waals surface area contributed by atoms with Gasteiger partial charge in [0.2, 0.25) is 0 Å². The predicted octanol–water partition coefficient (Wildman–Crippen LogP) is 6.23. The fourth-order valence-electron chi connectivity index (χ4n) is 2.51. The molecule has 0 saturated heterocycles. The number of pyridine rings is 1. The van der Waals surface area contributed by atoms with Gasteiger partial charge >= 0.3 is 0 Å². The third-order valence-electron chi connectivity index (χ3n) is 3.72. The minimum absolute atomic E-state index is 0.523. The molecule has 5 heteroatoms. The van der Waals surface area contributed by atoms with Crippen molar-refractivity contribution in [3.8, 4) is 0 Å². The molecule has 0 fully saturated rings. The highest BCUT2D eigenvalue weighted by atomic mass is 32.1. The molecule has 0 saturated carbocycles. The summed E-state index contributed by atoms with van der Waals surface area (Å²) in [5, 5.41) is 1.32. The molecule has 4 aromatic rings. The molecule has 0 unspecified atom stereocenters. The lowest BCUT2D eigenvalue weighted by atomic mass is 10.1. The number of rotatable bonds is 2. The van der Waals surface area contributed by atoms with E-state index >= 15 is 0 Å². The third-order valence-corrected chi connectivity index (χ3v) is 6.05. The number of benzene rings is 1. The number of fused-ring (bicyclic) bond motifs is 2. The molecular weight excluding hydrogens is 334 g/mol. The third kappa shape index (κ3) is 3.47. The van der Waals surface area contributed by atoms with Crippen molar-refractivity contribution in [3.05, 3.63) is 52.3 Å². The van der Waals surface area contributed by atoms with Crippen LogP contribution < -0.4 is 0 Å². The van der Waals surface area contributed by atoms with E-state index < -0.39 is 0 Å². The van der Waals surface area contributed by atoms with E-state index in [0.717, 1.165) is 16.6 Å². The van der Waals surface area contributed by atoms with Crippen LogP contribution in [0.15, 0.2) is 42.6 Å². The summed E-state index contributed by atoms with van der Waals surface area (Å²) in [5.41, 5.74) is 3.22. The maximum absolute atomic E-state index is 4.38. The van der Waals surface area contributed by atoms with Gasteiger partial charge in [0.05, 0.1) is 10.4 Å². The largest absolute Gasteiger partial charge is 0.253 e. The fourth-order valence-corrected chi connectivity index (χ4v) is 4.14. The van der Waals surface area contributed by atoms with E-state index in [1.807, 2.05) is 24.4 Å². The molecule has 0 radical (unpaired) electrons. The Morgan fingerprint density at radius 2 is 1.38 bits per heavy atom. The highest BCUT2D eigenvalue weighted by Gasteiger charge is 2.09. The molecule has 0 bridgehead atoms. The van der Waals surface area contributed by atoms with Gasteiger partial charge in [-0.1, -0.05) is 45.9 Å². The van der Waals surface area contributed by atoms with Crippen LogP contribution in [-0.4, -0.2) is 13.7 Å². The van der Waals surface area contributed by atoms with Gasteiger partial charge in [-0.15, -0.1) is 0 Å². The van der Waals surface area contributed by atoms with Crippen LogP contribution in [0.5, 0.6) is 0 Å². The second-order valence-electron chi connectivity index (χ2n) is 6.29. The summed E-state index contributed by atoms with van der Waals surface area (Å²) < 4.78 is 8.70. The minimum Gasteiger partial charge on any atom is -0.253 e. The summed E-state index contributed by atoms with van der Waals surface area (Å²) in [4.78, 5) is 6.99. The Kier molecular flexibility index (Phi) is 5.21. The first-order chi connectivity index (χ1) is 11.6. The van der Waals surface area contributed by atoms with E-state index in [0.29, 0.717) is 11.8 Å². The maximum atomic E-state index is 4.38. The lowest BCUT2D eigenvalue weighted by Gasteiger charge is -1.98. The maximum Gasteiger partial charge on any atom is 0.105 e. The van der Waals surface area contributed by atoms with Crippen LogP contribution in [0.3, 0.4) is 0 Å². The van der Waals surface area contributed by atoms with Crippen LogP contribution in [0, 0.1) is 0 Å². The molecule has 1 aromatic carbocycles. The Balaban J connectivity index is 0.000000141. The van der Waals surface area contributed by atoms with Gasteiger partial charge in [-0.3, -0.25) is 4.98 Å². The topological polar surface area (TPSA) is 38.7 Å². The van der Waals surface area contributed by atoms with Gasteiger partial charge in [-0.05, 0) is 53.1 Å². The van der Waals surface area contributed by atoms with Crippen LogP contribution in [0.1, 0.15) is 49.3 Å². The van der Waals surface area contributed by atoms with Crippen LogP contribution in [0.25, 0.3) is 21.9 Å². The highest BCUT2D eigenvalue weighted by molar-refractivity contribution is 7.07. The molecule has 3 aromatic heterocycles. The van der Waals surface area contributed by atoms with Gasteiger partial charge in [-0.25, -0.2) is 0 Å². The zero-order chi connectivity index (χ0) is 17.1. The van der Waals surface area contributed by atoms with Crippen molar-refractivity contribution in [2.75, 3.05) is 0 Å². The van der Waals surface area contributed by atoms with E-state index in [2.05, 4.69) is 59.6 Å². The van der Waals surface area contributed by atoms with Crippen molar-refractivity contribution in [3.63, 3.8) is 0 Å². The standard InChI is InChI=1S/C10H11NS.C9H10N2S/c1-7(2)10-8-5-3-4-6-9(8)11-12-10;1-6(2)9-8-7(11-12-9)4-3-5-10-8/h3-7H,1-2H3;3-6H,1-2H3. The zero-order valence-electron chi connectivity index (χ0n) is 14.4. The molecule has 0 N–H and O–H groups in total. The summed E-state index contributed by atoms with van der Waals surface area (Å²) in [6.07, 6.45) is 1.82. The Morgan fingerprint density at radius 1 is 0.750 bits per heavy atom. The van der Waals surface area contributed by atoms with E-state index in [-0.39, 0.29) is 0 Å². The average Bonchev–Trinajstić information content (AvgIpc) is 3.19. The van der Waals surface area contributed by atoms with Gasteiger partial charge in [0, 0.05) is 16.5 Å². The van der Waals surface area contributed by atoms with Gasteiger partial charge in [0.1, 0.15) is 11.0 Å². The lowest BCUT2D eigenvalue weighted by molar-refractivity contribution is 0.894. The van der Waals surface area contributed by atoms with Gasteiger partial charge in [0.15, 0.2) is 0 Å². The highest BCUT2D eigenvalue weighted by Crippen LogP contribution is 2.28. The molecule has 24 heavy (non-hydrogen) atoms. The van der Waals surface area contributed by atoms with Crippen LogP contribution in [0.2, 0.25) is 0 Å². The molecule has 3 nitrogen and oxygen atoms in total. The molecule has 4 rings (SSSR count). The monoisotopic (exact) mass is 355 g/mol. The van der Waals surface area contributed by atoms with E-state index in [9.17, 15) is 0 Å². The van der Waals surface area contributed by atoms with E-state index in [1.54, 1.807) is 23.1 Å². The first kappa shape index (κ1) is 17.0. The quantitative estimate of drug-likeness (QED) is 0.427. The smallest absolute Gasteiger partial charge is 0.105 e. The van der Waals surface area contributed by atoms with Crippen LogP contribution in [0.4, 0.5) is 0 Å². The Hall–Kier alpha value is -1.85. The number of hydrogen-bond acceptors (Lipinski definition) is 5. The van der Waals surface area contributed by atoms with Crippen molar-refractivity contribution in [2.24, 2.45) is 0 Å². The molecule has 0 aliphatic heterocycles. The number of nitrogens with zero attached hydrogens (tertiary/aromatic N) is 3. The second kappa shape index (κ2) is 7.36. The first-order valence-corrected chi connectivity index (χ1v) is 9.67. The number of hydrogen-bond donors (Lipinski definition) is 0. The minimum atomic E-state index is 0.523. The molecule has 3 heterocycles. The molecule has 0 aliphatic carbocycles. The number of aromatic nitrogens is 3. The Labute approximate surface area is 150 Å².